The zero-order chi connectivity index (χ0) is 17.3. The molecule has 2 aromatic rings. The van der Waals surface area contributed by atoms with E-state index in [2.05, 4.69) is 10.2 Å². The van der Waals surface area contributed by atoms with Crippen molar-refractivity contribution >= 4 is 17.5 Å². The summed E-state index contributed by atoms with van der Waals surface area (Å²) in [6.45, 7) is 5.54. The van der Waals surface area contributed by atoms with Crippen LogP contribution in [0.1, 0.15) is 29.9 Å². The third-order valence-corrected chi connectivity index (χ3v) is 4.59. The fourth-order valence-electron chi connectivity index (χ4n) is 3.26. The van der Waals surface area contributed by atoms with Crippen molar-refractivity contribution < 1.29 is 13.6 Å². The Hall–Kier alpha value is -1.85. The van der Waals surface area contributed by atoms with Crippen LogP contribution < -0.4 is 5.32 Å². The van der Waals surface area contributed by atoms with Gasteiger partial charge in [-0.15, -0.1) is 0 Å². The molecule has 1 aromatic carbocycles. The van der Waals surface area contributed by atoms with Crippen LogP contribution in [0, 0.1) is 12.7 Å². The summed E-state index contributed by atoms with van der Waals surface area (Å²) < 4.78 is 19.1. The van der Waals surface area contributed by atoms with Gasteiger partial charge in [-0.2, -0.15) is 0 Å². The maximum atomic E-state index is 13.3. The van der Waals surface area contributed by atoms with Crippen molar-refractivity contribution in [3.05, 3.63) is 58.3 Å². The predicted molar refractivity (Wildman–Crippen MR) is 90.5 cm³/mol. The van der Waals surface area contributed by atoms with E-state index in [1.165, 1.54) is 13.0 Å². The largest absolute Gasteiger partial charge is 0.466 e. The first-order valence-corrected chi connectivity index (χ1v) is 8.30. The van der Waals surface area contributed by atoms with E-state index in [1.807, 2.05) is 19.1 Å². The molecule has 0 aliphatic carbocycles. The molecule has 3 rings (SSSR count). The van der Waals surface area contributed by atoms with Gasteiger partial charge in [0.2, 0.25) is 5.91 Å². The number of amides is 1. The topological polar surface area (TPSA) is 45.5 Å². The number of rotatable bonds is 4. The lowest BCUT2D eigenvalue weighted by molar-refractivity contribution is -0.119. The first-order valence-electron chi connectivity index (χ1n) is 7.92. The van der Waals surface area contributed by atoms with Gasteiger partial charge in [-0.25, -0.2) is 4.39 Å². The Kier molecular flexibility index (Phi) is 4.92. The predicted octanol–water partition coefficient (Wildman–Crippen LogP) is 3.48. The number of nitrogens with one attached hydrogen (secondary N) is 1. The van der Waals surface area contributed by atoms with Crippen molar-refractivity contribution in [2.45, 2.75) is 32.4 Å². The summed E-state index contributed by atoms with van der Waals surface area (Å²) in [5, 5.41) is 3.14. The second kappa shape index (κ2) is 6.95. The van der Waals surface area contributed by atoms with E-state index in [4.69, 9.17) is 16.0 Å². The van der Waals surface area contributed by atoms with Gasteiger partial charge in [-0.1, -0.05) is 17.7 Å². The van der Waals surface area contributed by atoms with Crippen LogP contribution >= 0.6 is 11.6 Å². The second-order valence-electron chi connectivity index (χ2n) is 6.30. The molecule has 1 aliphatic heterocycles. The Morgan fingerprint density at radius 1 is 1.38 bits per heavy atom. The molecule has 0 spiro atoms. The van der Waals surface area contributed by atoms with Gasteiger partial charge in [0.1, 0.15) is 17.3 Å². The van der Waals surface area contributed by atoms with Crippen molar-refractivity contribution in [3.8, 4) is 0 Å². The summed E-state index contributed by atoms with van der Waals surface area (Å²) in [7, 11) is 0. The maximum Gasteiger partial charge on any atom is 0.217 e. The van der Waals surface area contributed by atoms with Gasteiger partial charge in [0.05, 0.1) is 17.0 Å². The van der Waals surface area contributed by atoms with E-state index >= 15 is 0 Å². The molecular formula is C18H20ClFN2O2. The lowest BCUT2D eigenvalue weighted by Crippen LogP contribution is -2.38. The first kappa shape index (κ1) is 17.0. The number of furan rings is 1. The van der Waals surface area contributed by atoms with E-state index in [1.54, 1.807) is 12.1 Å². The minimum Gasteiger partial charge on any atom is -0.466 e. The Bertz CT molecular complexity index is 746. The molecule has 4 nitrogen and oxygen atoms in total. The number of halogens is 2. The molecule has 0 saturated carbocycles. The van der Waals surface area contributed by atoms with Crippen LogP contribution in [-0.2, 0) is 11.3 Å². The van der Waals surface area contributed by atoms with Crippen molar-refractivity contribution in [1.82, 2.24) is 10.2 Å². The van der Waals surface area contributed by atoms with Crippen LogP contribution in [0.15, 0.2) is 34.7 Å². The highest BCUT2D eigenvalue weighted by molar-refractivity contribution is 6.30. The molecule has 2 heterocycles. The van der Waals surface area contributed by atoms with Crippen molar-refractivity contribution in [2.24, 2.45) is 0 Å². The van der Waals surface area contributed by atoms with Crippen LogP contribution in [0.25, 0.3) is 0 Å². The van der Waals surface area contributed by atoms with Crippen molar-refractivity contribution in [3.63, 3.8) is 0 Å². The normalized spacial score (nSPS) is 21.2. The number of aryl methyl sites for hydroxylation is 1. The number of hydrogen-bond donors (Lipinski definition) is 1. The molecule has 6 heteroatoms. The molecule has 1 saturated heterocycles. The first-order chi connectivity index (χ1) is 11.4. The zero-order valence-electron chi connectivity index (χ0n) is 13.7. The number of carbonyl (C=O) groups excluding carboxylic acids is 1. The average molecular weight is 351 g/mol. The van der Waals surface area contributed by atoms with Crippen molar-refractivity contribution in [1.29, 1.82) is 0 Å². The molecule has 0 unspecified atom stereocenters. The van der Waals surface area contributed by atoms with Crippen LogP contribution in [0.5, 0.6) is 0 Å². The second-order valence-corrected chi connectivity index (χ2v) is 6.71. The minimum atomic E-state index is -0.415. The Labute approximate surface area is 145 Å². The third kappa shape index (κ3) is 3.79. The Morgan fingerprint density at radius 2 is 2.17 bits per heavy atom. The monoisotopic (exact) mass is 350 g/mol. The fourth-order valence-corrected chi connectivity index (χ4v) is 3.46. The molecule has 24 heavy (non-hydrogen) atoms. The summed E-state index contributed by atoms with van der Waals surface area (Å²) in [6.07, 6.45) is 0. The van der Waals surface area contributed by atoms with Gasteiger partial charge in [0, 0.05) is 26.6 Å². The smallest absolute Gasteiger partial charge is 0.217 e. The Balaban J connectivity index is 1.75. The molecule has 2 atom stereocenters. The molecule has 1 aromatic heterocycles. The fraction of sp³-hybridized carbons (Fsp3) is 0.389. The van der Waals surface area contributed by atoms with E-state index in [-0.39, 0.29) is 22.9 Å². The van der Waals surface area contributed by atoms with Crippen LogP contribution in [-0.4, -0.2) is 29.9 Å². The highest BCUT2D eigenvalue weighted by atomic mass is 35.5. The Morgan fingerprint density at radius 3 is 2.79 bits per heavy atom. The van der Waals surface area contributed by atoms with Gasteiger partial charge in [0.25, 0.3) is 0 Å². The molecular weight excluding hydrogens is 331 g/mol. The molecule has 1 amide bonds. The third-order valence-electron chi connectivity index (χ3n) is 4.30. The number of likely N-dealkylation sites (tertiary alicyclic amines) is 1. The molecule has 0 bridgehead atoms. The van der Waals surface area contributed by atoms with E-state index in [9.17, 15) is 9.18 Å². The van der Waals surface area contributed by atoms with Gasteiger partial charge in [0.15, 0.2) is 0 Å². The number of carbonyl (C=O) groups is 1. The highest BCUT2D eigenvalue weighted by Crippen LogP contribution is 2.30. The molecule has 1 N–H and O–H groups in total. The summed E-state index contributed by atoms with van der Waals surface area (Å²) >= 11 is 5.86. The van der Waals surface area contributed by atoms with E-state index in [0.717, 1.165) is 23.6 Å². The number of benzene rings is 1. The molecule has 1 fully saturated rings. The average Bonchev–Trinajstić information content (AvgIpc) is 3.09. The van der Waals surface area contributed by atoms with Crippen LogP contribution in [0.3, 0.4) is 0 Å². The lowest BCUT2D eigenvalue weighted by Gasteiger charge is -2.17. The minimum absolute atomic E-state index is 0.0102. The standard InChI is InChI=1S/C18H20ClFN2O2/c1-11-3-6-18(24-11)14-9-22(10-17(14)21-12(2)23)8-13-4-5-16(20)15(19)7-13/h3-7,14,17H,8-10H2,1-2H3,(H,21,23)/t14-,17-/m1/s1. The van der Waals surface area contributed by atoms with Crippen molar-refractivity contribution in [2.75, 3.05) is 13.1 Å². The molecule has 0 radical (unpaired) electrons. The van der Waals surface area contributed by atoms with E-state index in [0.29, 0.717) is 13.1 Å². The SMILES string of the molecule is CC(=O)N[C@@H]1CN(Cc2ccc(F)c(Cl)c2)C[C@H]1c1ccc(C)o1. The highest BCUT2D eigenvalue weighted by Gasteiger charge is 2.36. The maximum absolute atomic E-state index is 13.3. The summed E-state index contributed by atoms with van der Waals surface area (Å²) in [5.41, 5.74) is 0.944. The van der Waals surface area contributed by atoms with Gasteiger partial charge >= 0.3 is 0 Å². The lowest BCUT2D eigenvalue weighted by atomic mass is 10.0. The number of hydrogen-bond acceptors (Lipinski definition) is 3. The van der Waals surface area contributed by atoms with Crippen LogP contribution in [0.2, 0.25) is 5.02 Å². The van der Waals surface area contributed by atoms with Gasteiger partial charge in [-0.05, 0) is 36.8 Å². The van der Waals surface area contributed by atoms with Crippen LogP contribution in [0.4, 0.5) is 4.39 Å². The summed E-state index contributed by atoms with van der Waals surface area (Å²) in [4.78, 5) is 13.7. The zero-order valence-corrected chi connectivity index (χ0v) is 14.4. The van der Waals surface area contributed by atoms with E-state index < -0.39 is 5.82 Å². The van der Waals surface area contributed by atoms with Gasteiger partial charge < -0.3 is 9.73 Å². The number of nitrogens with zero attached hydrogens (tertiary/aromatic N) is 1. The van der Waals surface area contributed by atoms with Gasteiger partial charge in [-0.3, -0.25) is 9.69 Å². The molecule has 1 aliphatic rings. The summed E-state index contributed by atoms with van der Waals surface area (Å²) in [6, 6.07) is 8.65. The quantitative estimate of drug-likeness (QED) is 0.918. The molecule has 128 valence electrons. The summed E-state index contributed by atoms with van der Waals surface area (Å²) in [5.74, 6) is 1.36.